The van der Waals surface area contributed by atoms with Crippen molar-refractivity contribution in [1.82, 2.24) is 10.2 Å². The highest BCUT2D eigenvalue weighted by atomic mass is 16.2. The van der Waals surface area contributed by atoms with Gasteiger partial charge in [-0.25, -0.2) is 0 Å². The molecule has 1 aromatic rings. The lowest BCUT2D eigenvalue weighted by atomic mass is 9.98. The molecular weight excluding hydrogens is 212 g/mol. The van der Waals surface area contributed by atoms with E-state index >= 15 is 0 Å². The van der Waals surface area contributed by atoms with Crippen molar-refractivity contribution in [3.05, 3.63) is 35.4 Å². The van der Waals surface area contributed by atoms with Crippen LogP contribution in [-0.2, 0) is 6.54 Å². The molecule has 0 spiro atoms. The standard InChI is InChI=1S/C14H18N2O/c17-14-13-4-2-1-3-12(13)10-16(14)9-11-5-7-15-8-6-11/h1-4,11,15H,5-10H2. The number of nitrogens with one attached hydrogen (secondary N) is 1. The predicted molar refractivity (Wildman–Crippen MR) is 66.8 cm³/mol. The third-order valence-corrected chi connectivity index (χ3v) is 3.83. The maximum absolute atomic E-state index is 12.2. The summed E-state index contributed by atoms with van der Waals surface area (Å²) in [5.74, 6) is 0.897. The zero-order valence-electron chi connectivity index (χ0n) is 9.98. The fourth-order valence-electron chi connectivity index (χ4n) is 2.84. The van der Waals surface area contributed by atoms with Crippen LogP contribution in [0.5, 0.6) is 0 Å². The van der Waals surface area contributed by atoms with Crippen LogP contribution >= 0.6 is 0 Å². The van der Waals surface area contributed by atoms with E-state index in [1.54, 1.807) is 0 Å². The van der Waals surface area contributed by atoms with Gasteiger partial charge in [-0.2, -0.15) is 0 Å². The van der Waals surface area contributed by atoms with Gasteiger partial charge in [0.05, 0.1) is 0 Å². The lowest BCUT2D eigenvalue weighted by molar-refractivity contribution is 0.0740. The van der Waals surface area contributed by atoms with Crippen LogP contribution in [0.1, 0.15) is 28.8 Å². The van der Waals surface area contributed by atoms with E-state index in [0.717, 1.165) is 31.7 Å². The topological polar surface area (TPSA) is 32.3 Å². The van der Waals surface area contributed by atoms with Crippen LogP contribution in [0.2, 0.25) is 0 Å². The van der Waals surface area contributed by atoms with Crippen LogP contribution in [0.25, 0.3) is 0 Å². The number of fused-ring (bicyclic) bond motifs is 1. The monoisotopic (exact) mass is 230 g/mol. The van der Waals surface area contributed by atoms with Crippen molar-refractivity contribution in [2.45, 2.75) is 19.4 Å². The Balaban J connectivity index is 1.69. The molecule has 1 N–H and O–H groups in total. The van der Waals surface area contributed by atoms with Gasteiger partial charge in [0.2, 0.25) is 0 Å². The first-order chi connectivity index (χ1) is 8.34. The van der Waals surface area contributed by atoms with Crippen molar-refractivity contribution < 1.29 is 4.79 Å². The third kappa shape index (κ3) is 2.07. The largest absolute Gasteiger partial charge is 0.334 e. The number of rotatable bonds is 2. The molecular formula is C14H18N2O. The zero-order valence-corrected chi connectivity index (χ0v) is 9.98. The molecule has 0 atom stereocenters. The Hall–Kier alpha value is -1.35. The van der Waals surface area contributed by atoms with Gasteiger partial charge in [0.15, 0.2) is 0 Å². The molecule has 0 aliphatic carbocycles. The van der Waals surface area contributed by atoms with E-state index in [9.17, 15) is 4.79 Å². The SMILES string of the molecule is O=C1c2ccccc2CN1CC1CCNCC1. The van der Waals surface area contributed by atoms with E-state index < -0.39 is 0 Å². The molecule has 2 aliphatic heterocycles. The van der Waals surface area contributed by atoms with Gasteiger partial charge in [0.25, 0.3) is 5.91 Å². The third-order valence-electron chi connectivity index (χ3n) is 3.83. The number of piperidine rings is 1. The molecule has 0 bridgehead atoms. The number of carbonyl (C=O) groups is 1. The summed E-state index contributed by atoms with van der Waals surface area (Å²) in [6, 6.07) is 7.97. The fourth-order valence-corrected chi connectivity index (χ4v) is 2.84. The number of nitrogens with zero attached hydrogens (tertiary/aromatic N) is 1. The molecule has 0 unspecified atom stereocenters. The summed E-state index contributed by atoms with van der Waals surface area (Å²) in [4.78, 5) is 14.2. The van der Waals surface area contributed by atoms with Gasteiger partial charge in [0.1, 0.15) is 0 Å². The van der Waals surface area contributed by atoms with E-state index in [1.165, 1.54) is 18.4 Å². The van der Waals surface area contributed by atoms with Crippen molar-refractivity contribution in [2.24, 2.45) is 5.92 Å². The number of carbonyl (C=O) groups excluding carboxylic acids is 1. The van der Waals surface area contributed by atoms with Crippen molar-refractivity contribution >= 4 is 5.91 Å². The fraction of sp³-hybridized carbons (Fsp3) is 0.500. The second-order valence-corrected chi connectivity index (χ2v) is 5.04. The van der Waals surface area contributed by atoms with Crippen molar-refractivity contribution in [1.29, 1.82) is 0 Å². The second-order valence-electron chi connectivity index (χ2n) is 5.04. The lowest BCUT2D eigenvalue weighted by Gasteiger charge is -2.27. The highest BCUT2D eigenvalue weighted by Gasteiger charge is 2.28. The summed E-state index contributed by atoms with van der Waals surface area (Å²) in [6.07, 6.45) is 2.39. The highest BCUT2D eigenvalue weighted by Crippen LogP contribution is 2.24. The quantitative estimate of drug-likeness (QED) is 0.837. The van der Waals surface area contributed by atoms with Gasteiger partial charge in [-0.3, -0.25) is 4.79 Å². The van der Waals surface area contributed by atoms with E-state index in [1.807, 2.05) is 23.1 Å². The zero-order chi connectivity index (χ0) is 11.7. The summed E-state index contributed by atoms with van der Waals surface area (Å²) < 4.78 is 0. The normalized spacial score (nSPS) is 20.7. The van der Waals surface area contributed by atoms with Crippen LogP contribution in [0, 0.1) is 5.92 Å². The first-order valence-corrected chi connectivity index (χ1v) is 6.42. The van der Waals surface area contributed by atoms with Crippen LogP contribution in [0.3, 0.4) is 0 Å². The Morgan fingerprint density at radius 1 is 1.24 bits per heavy atom. The first kappa shape index (κ1) is 10.8. The van der Waals surface area contributed by atoms with E-state index in [2.05, 4.69) is 11.4 Å². The molecule has 0 saturated carbocycles. The molecule has 1 amide bonds. The number of hydrogen-bond acceptors (Lipinski definition) is 2. The van der Waals surface area contributed by atoms with Gasteiger partial charge in [-0.05, 0) is 43.5 Å². The van der Waals surface area contributed by atoms with Crippen molar-refractivity contribution in [3.63, 3.8) is 0 Å². The average molecular weight is 230 g/mol. The Morgan fingerprint density at radius 3 is 2.76 bits per heavy atom. The lowest BCUT2D eigenvalue weighted by Crippen LogP contribution is -2.36. The maximum atomic E-state index is 12.2. The van der Waals surface area contributed by atoms with Crippen LogP contribution in [0.4, 0.5) is 0 Å². The van der Waals surface area contributed by atoms with E-state index in [4.69, 9.17) is 0 Å². The summed E-state index contributed by atoms with van der Waals surface area (Å²) in [6.45, 7) is 3.92. The minimum atomic E-state index is 0.221. The minimum absolute atomic E-state index is 0.221. The van der Waals surface area contributed by atoms with Gasteiger partial charge < -0.3 is 10.2 Å². The highest BCUT2D eigenvalue weighted by molar-refractivity contribution is 5.98. The molecule has 2 heterocycles. The van der Waals surface area contributed by atoms with Crippen molar-refractivity contribution in [2.75, 3.05) is 19.6 Å². The first-order valence-electron chi connectivity index (χ1n) is 6.42. The molecule has 90 valence electrons. The van der Waals surface area contributed by atoms with E-state index in [0.29, 0.717) is 5.92 Å². The number of benzene rings is 1. The summed E-state index contributed by atoms with van der Waals surface area (Å²) in [5.41, 5.74) is 2.09. The molecule has 3 rings (SSSR count). The Labute approximate surface area is 102 Å². The summed E-state index contributed by atoms with van der Waals surface area (Å²) in [5, 5.41) is 3.36. The molecule has 1 saturated heterocycles. The Morgan fingerprint density at radius 2 is 2.00 bits per heavy atom. The Bertz CT molecular complexity index is 424. The number of amides is 1. The molecule has 0 aromatic heterocycles. The van der Waals surface area contributed by atoms with Gasteiger partial charge in [0, 0.05) is 18.7 Å². The van der Waals surface area contributed by atoms with Crippen molar-refractivity contribution in [3.8, 4) is 0 Å². The molecule has 17 heavy (non-hydrogen) atoms. The van der Waals surface area contributed by atoms with Crippen LogP contribution in [-0.4, -0.2) is 30.4 Å². The molecule has 2 aliphatic rings. The predicted octanol–water partition coefficient (Wildman–Crippen LogP) is 1.64. The van der Waals surface area contributed by atoms with Crippen LogP contribution in [0.15, 0.2) is 24.3 Å². The van der Waals surface area contributed by atoms with E-state index in [-0.39, 0.29) is 5.91 Å². The molecule has 1 aromatic carbocycles. The number of hydrogen-bond donors (Lipinski definition) is 1. The van der Waals surface area contributed by atoms with Gasteiger partial charge in [-0.15, -0.1) is 0 Å². The summed E-state index contributed by atoms with van der Waals surface area (Å²) in [7, 11) is 0. The maximum Gasteiger partial charge on any atom is 0.254 e. The molecule has 0 radical (unpaired) electrons. The molecule has 3 heteroatoms. The summed E-state index contributed by atoms with van der Waals surface area (Å²) >= 11 is 0. The minimum Gasteiger partial charge on any atom is -0.334 e. The smallest absolute Gasteiger partial charge is 0.254 e. The second kappa shape index (κ2) is 4.49. The average Bonchev–Trinajstić information content (AvgIpc) is 2.68. The molecule has 1 fully saturated rings. The molecule has 3 nitrogen and oxygen atoms in total. The van der Waals surface area contributed by atoms with Gasteiger partial charge >= 0.3 is 0 Å². The van der Waals surface area contributed by atoms with Gasteiger partial charge in [-0.1, -0.05) is 18.2 Å². The Kier molecular flexibility index (Phi) is 2.85. The van der Waals surface area contributed by atoms with Crippen LogP contribution < -0.4 is 5.32 Å².